The van der Waals surface area contributed by atoms with E-state index in [4.69, 9.17) is 4.74 Å². The molecular weight excluding hydrogens is 174 g/mol. The molecule has 0 aromatic heterocycles. The van der Waals surface area contributed by atoms with Gasteiger partial charge in [0.25, 0.3) is 0 Å². The second-order valence-electron chi connectivity index (χ2n) is 2.47. The van der Waals surface area contributed by atoms with E-state index in [0.29, 0.717) is 6.61 Å². The second kappa shape index (κ2) is 3.85. The van der Waals surface area contributed by atoms with Crippen LogP contribution in [0.2, 0.25) is 0 Å². The van der Waals surface area contributed by atoms with Gasteiger partial charge < -0.3 is 10.1 Å². The third-order valence-corrected chi connectivity index (χ3v) is 3.00. The van der Waals surface area contributed by atoms with Crippen LogP contribution in [-0.4, -0.2) is 17.4 Å². The number of esters is 1. The van der Waals surface area contributed by atoms with E-state index in [0.717, 1.165) is 6.42 Å². The molecule has 4 heteroatoms. The first-order chi connectivity index (χ1) is 5.75. The number of thioether (sulfide) groups is 1. The van der Waals surface area contributed by atoms with Crippen molar-refractivity contribution in [2.24, 2.45) is 0 Å². The monoisotopic (exact) mass is 187 g/mol. The summed E-state index contributed by atoms with van der Waals surface area (Å²) in [6.45, 7) is 4.21. The number of carbonyl (C=O) groups is 1. The van der Waals surface area contributed by atoms with Crippen LogP contribution in [0.1, 0.15) is 20.3 Å². The maximum Gasteiger partial charge on any atom is 0.342 e. The second-order valence-corrected chi connectivity index (χ2v) is 3.67. The normalized spacial score (nSPS) is 26.8. The van der Waals surface area contributed by atoms with E-state index in [1.165, 1.54) is 11.8 Å². The predicted molar refractivity (Wildman–Crippen MR) is 49.5 cm³/mol. The van der Waals surface area contributed by atoms with Gasteiger partial charge in [-0.25, -0.2) is 4.79 Å². The van der Waals surface area contributed by atoms with Crippen molar-refractivity contribution in [2.45, 2.75) is 25.1 Å². The highest BCUT2D eigenvalue weighted by Crippen LogP contribution is 2.32. The lowest BCUT2D eigenvalue weighted by molar-refractivity contribution is -0.146. The SMILES string of the molecule is CCOC(=O)C1(CC)NC=CS1. The molecule has 0 aliphatic carbocycles. The smallest absolute Gasteiger partial charge is 0.342 e. The summed E-state index contributed by atoms with van der Waals surface area (Å²) < 4.78 is 4.96. The molecule has 1 unspecified atom stereocenters. The van der Waals surface area contributed by atoms with Crippen LogP contribution in [0.25, 0.3) is 0 Å². The molecule has 0 bridgehead atoms. The van der Waals surface area contributed by atoms with Gasteiger partial charge in [-0.1, -0.05) is 18.7 Å². The fourth-order valence-electron chi connectivity index (χ4n) is 1.04. The van der Waals surface area contributed by atoms with Gasteiger partial charge >= 0.3 is 5.97 Å². The van der Waals surface area contributed by atoms with E-state index in [1.807, 2.05) is 19.3 Å². The van der Waals surface area contributed by atoms with Gasteiger partial charge in [-0.15, -0.1) is 0 Å². The average molecular weight is 187 g/mol. The lowest BCUT2D eigenvalue weighted by Gasteiger charge is -2.24. The number of ether oxygens (including phenoxy) is 1. The lowest BCUT2D eigenvalue weighted by Crippen LogP contribution is -2.44. The first-order valence-corrected chi connectivity index (χ1v) is 4.91. The summed E-state index contributed by atoms with van der Waals surface area (Å²) in [7, 11) is 0. The molecule has 12 heavy (non-hydrogen) atoms. The molecule has 1 rings (SSSR count). The number of rotatable bonds is 3. The summed E-state index contributed by atoms with van der Waals surface area (Å²) in [6.07, 6.45) is 2.51. The van der Waals surface area contributed by atoms with Crippen molar-refractivity contribution < 1.29 is 9.53 Å². The largest absolute Gasteiger partial charge is 0.464 e. The zero-order valence-corrected chi connectivity index (χ0v) is 8.11. The number of hydrogen-bond donors (Lipinski definition) is 1. The summed E-state index contributed by atoms with van der Waals surface area (Å²) in [5, 5.41) is 4.89. The van der Waals surface area contributed by atoms with Gasteiger partial charge in [-0.2, -0.15) is 0 Å². The maximum absolute atomic E-state index is 11.5. The minimum Gasteiger partial charge on any atom is -0.464 e. The molecule has 1 aliphatic rings. The van der Waals surface area contributed by atoms with Crippen LogP contribution in [0.3, 0.4) is 0 Å². The van der Waals surface area contributed by atoms with Crippen LogP contribution in [0.4, 0.5) is 0 Å². The van der Waals surface area contributed by atoms with Crippen LogP contribution < -0.4 is 5.32 Å². The lowest BCUT2D eigenvalue weighted by atomic mass is 10.2. The van der Waals surface area contributed by atoms with Crippen LogP contribution in [0, 0.1) is 0 Å². The van der Waals surface area contributed by atoms with Crippen LogP contribution in [-0.2, 0) is 9.53 Å². The van der Waals surface area contributed by atoms with Crippen molar-refractivity contribution in [2.75, 3.05) is 6.61 Å². The summed E-state index contributed by atoms with van der Waals surface area (Å²) in [5.41, 5.74) is 0. The Balaban J connectivity index is 2.61. The molecule has 0 aromatic rings. The molecule has 0 fully saturated rings. The molecule has 1 atom stereocenters. The predicted octanol–water partition coefficient (Wildman–Crippen LogP) is 1.46. The van der Waals surface area contributed by atoms with Crippen molar-refractivity contribution in [3.63, 3.8) is 0 Å². The van der Waals surface area contributed by atoms with Gasteiger partial charge in [0.2, 0.25) is 0 Å². The Labute approximate surface area is 76.5 Å². The Hall–Kier alpha value is -0.640. The first kappa shape index (κ1) is 9.45. The molecule has 1 heterocycles. The molecule has 0 spiro atoms. The third-order valence-electron chi connectivity index (χ3n) is 1.76. The van der Waals surface area contributed by atoms with Gasteiger partial charge in [-0.05, 0) is 18.8 Å². The quantitative estimate of drug-likeness (QED) is 0.679. The molecule has 0 saturated carbocycles. The zero-order chi connectivity index (χ0) is 9.03. The standard InChI is InChI=1S/C8H13NO2S/c1-3-8(7(10)11-4-2)9-5-6-12-8/h5-6,9H,3-4H2,1-2H3. The molecule has 68 valence electrons. The topological polar surface area (TPSA) is 38.3 Å². The Kier molecular flexibility index (Phi) is 3.03. The third kappa shape index (κ3) is 1.58. The van der Waals surface area contributed by atoms with Gasteiger partial charge in [0.05, 0.1) is 6.61 Å². The summed E-state index contributed by atoms with van der Waals surface area (Å²) in [6, 6.07) is 0. The van der Waals surface area contributed by atoms with Crippen LogP contribution >= 0.6 is 11.8 Å². The van der Waals surface area contributed by atoms with Crippen molar-refractivity contribution in [3.05, 3.63) is 11.6 Å². The Morgan fingerprint density at radius 1 is 1.67 bits per heavy atom. The highest BCUT2D eigenvalue weighted by molar-refractivity contribution is 8.04. The average Bonchev–Trinajstić information content (AvgIpc) is 2.54. The van der Waals surface area contributed by atoms with Crippen molar-refractivity contribution in [1.82, 2.24) is 5.32 Å². The van der Waals surface area contributed by atoms with E-state index >= 15 is 0 Å². The van der Waals surface area contributed by atoms with Crippen molar-refractivity contribution in [3.8, 4) is 0 Å². The van der Waals surface area contributed by atoms with Crippen molar-refractivity contribution in [1.29, 1.82) is 0 Å². The molecule has 1 aliphatic heterocycles. The van der Waals surface area contributed by atoms with E-state index in [9.17, 15) is 4.79 Å². The van der Waals surface area contributed by atoms with E-state index in [2.05, 4.69) is 5.32 Å². The molecule has 0 radical (unpaired) electrons. The van der Waals surface area contributed by atoms with Gasteiger partial charge in [-0.3, -0.25) is 0 Å². The molecule has 3 nitrogen and oxygen atoms in total. The van der Waals surface area contributed by atoms with E-state index in [1.54, 1.807) is 6.20 Å². The molecule has 1 N–H and O–H groups in total. The maximum atomic E-state index is 11.5. The van der Waals surface area contributed by atoms with E-state index < -0.39 is 4.87 Å². The summed E-state index contributed by atoms with van der Waals surface area (Å²) in [4.78, 5) is 10.9. The number of carbonyl (C=O) groups excluding carboxylic acids is 1. The molecule has 0 aromatic carbocycles. The molecule has 0 saturated heterocycles. The molecular formula is C8H13NO2S. The minimum absolute atomic E-state index is 0.178. The van der Waals surface area contributed by atoms with Crippen molar-refractivity contribution >= 4 is 17.7 Å². The fourth-order valence-corrected chi connectivity index (χ4v) is 1.86. The highest BCUT2D eigenvalue weighted by Gasteiger charge is 2.39. The Morgan fingerprint density at radius 2 is 2.42 bits per heavy atom. The zero-order valence-electron chi connectivity index (χ0n) is 7.29. The van der Waals surface area contributed by atoms with Gasteiger partial charge in [0.1, 0.15) is 0 Å². The summed E-state index contributed by atoms with van der Waals surface area (Å²) in [5.74, 6) is -0.178. The van der Waals surface area contributed by atoms with Gasteiger partial charge in [0, 0.05) is 6.20 Å². The van der Waals surface area contributed by atoms with Crippen LogP contribution in [0.15, 0.2) is 11.6 Å². The summed E-state index contributed by atoms with van der Waals surface area (Å²) >= 11 is 1.47. The number of nitrogens with one attached hydrogen (secondary N) is 1. The number of hydrogen-bond acceptors (Lipinski definition) is 4. The Morgan fingerprint density at radius 3 is 2.83 bits per heavy atom. The first-order valence-electron chi connectivity index (χ1n) is 4.03. The Bertz CT molecular complexity index is 195. The molecule has 0 amide bonds. The fraction of sp³-hybridized carbons (Fsp3) is 0.625. The van der Waals surface area contributed by atoms with Crippen LogP contribution in [0.5, 0.6) is 0 Å². The van der Waals surface area contributed by atoms with E-state index in [-0.39, 0.29) is 5.97 Å². The highest BCUT2D eigenvalue weighted by atomic mass is 32.2. The minimum atomic E-state index is -0.560. The van der Waals surface area contributed by atoms with Gasteiger partial charge in [0.15, 0.2) is 4.87 Å².